The van der Waals surface area contributed by atoms with Crippen LogP contribution < -0.4 is 0 Å². The highest BCUT2D eigenvalue weighted by atomic mass is 32.1. The molecule has 0 bridgehead atoms. The van der Waals surface area contributed by atoms with Crippen LogP contribution in [0, 0.1) is 0 Å². The standard InChI is InChI=1S/C20H36O16S/c21-3-6-9(23)12(26)14(28)18(33-6)32-5-8-11(25)17(16(30)19(35-8)31-1-2-37)36-20-15(29)13(27)10(24)7(4-22)34-20/h6-30,37H,1-5H2/t6-,7-,8-,9-,10-,11-,12+,13+,14+,15+,16+,17+,18+,19+,20-/m1/s1. The lowest BCUT2D eigenvalue weighted by Crippen LogP contribution is -2.65. The summed E-state index contributed by atoms with van der Waals surface area (Å²) >= 11 is 4.02. The topological polar surface area (TPSA) is 258 Å². The number of aliphatic hydroxyl groups excluding tert-OH is 10. The van der Waals surface area contributed by atoms with Gasteiger partial charge in [0.25, 0.3) is 0 Å². The number of aliphatic hydroxyl groups is 10. The van der Waals surface area contributed by atoms with E-state index in [4.69, 9.17) is 28.4 Å². The molecule has 17 heteroatoms. The lowest BCUT2D eigenvalue weighted by atomic mass is 9.96. The van der Waals surface area contributed by atoms with Gasteiger partial charge in [-0.25, -0.2) is 0 Å². The largest absolute Gasteiger partial charge is 0.394 e. The van der Waals surface area contributed by atoms with Crippen LogP contribution in [-0.4, -0.2) is 175 Å². The van der Waals surface area contributed by atoms with E-state index in [2.05, 4.69) is 12.6 Å². The first-order chi connectivity index (χ1) is 17.5. The third-order valence-electron chi connectivity index (χ3n) is 6.43. The fraction of sp³-hybridized carbons (Fsp3) is 1.00. The summed E-state index contributed by atoms with van der Waals surface area (Å²) in [7, 11) is 0. The van der Waals surface area contributed by atoms with E-state index in [1.165, 1.54) is 0 Å². The normalized spacial score (nSPS) is 49.2. The maximum Gasteiger partial charge on any atom is 0.187 e. The number of rotatable bonds is 10. The van der Waals surface area contributed by atoms with E-state index in [9.17, 15) is 51.1 Å². The molecule has 0 spiro atoms. The Morgan fingerprint density at radius 3 is 1.57 bits per heavy atom. The smallest absolute Gasteiger partial charge is 0.187 e. The van der Waals surface area contributed by atoms with Crippen LogP contribution in [0.25, 0.3) is 0 Å². The molecule has 3 saturated heterocycles. The van der Waals surface area contributed by atoms with E-state index < -0.39 is 112 Å². The highest BCUT2D eigenvalue weighted by molar-refractivity contribution is 7.80. The van der Waals surface area contributed by atoms with Gasteiger partial charge in [0.05, 0.1) is 26.4 Å². The van der Waals surface area contributed by atoms with E-state index in [-0.39, 0.29) is 12.4 Å². The van der Waals surface area contributed by atoms with Gasteiger partial charge in [-0.05, 0) is 0 Å². The van der Waals surface area contributed by atoms with E-state index in [0.29, 0.717) is 0 Å². The monoisotopic (exact) mass is 564 g/mol. The minimum absolute atomic E-state index is 0.00792. The molecule has 3 rings (SSSR count). The quantitative estimate of drug-likeness (QED) is 0.110. The fourth-order valence-corrected chi connectivity index (χ4v) is 4.34. The molecule has 0 aromatic rings. The summed E-state index contributed by atoms with van der Waals surface area (Å²) in [4.78, 5) is 0. The summed E-state index contributed by atoms with van der Waals surface area (Å²) in [5.74, 6) is 0.236. The molecule has 3 aliphatic rings. The zero-order valence-electron chi connectivity index (χ0n) is 19.6. The summed E-state index contributed by atoms with van der Waals surface area (Å²) < 4.78 is 32.5. The lowest BCUT2D eigenvalue weighted by molar-refractivity contribution is -0.365. The van der Waals surface area contributed by atoms with Crippen LogP contribution in [0.15, 0.2) is 0 Å². The van der Waals surface area contributed by atoms with E-state index in [0.717, 1.165) is 0 Å². The van der Waals surface area contributed by atoms with Crippen LogP contribution >= 0.6 is 12.6 Å². The minimum atomic E-state index is -1.82. The van der Waals surface area contributed by atoms with Gasteiger partial charge in [-0.15, -0.1) is 0 Å². The van der Waals surface area contributed by atoms with Crippen LogP contribution in [0.1, 0.15) is 0 Å². The number of ether oxygens (including phenoxy) is 6. The number of hydrogen-bond acceptors (Lipinski definition) is 17. The number of hydrogen-bond donors (Lipinski definition) is 11. The molecule has 3 heterocycles. The molecule has 0 aliphatic carbocycles. The van der Waals surface area contributed by atoms with Gasteiger partial charge < -0.3 is 79.5 Å². The van der Waals surface area contributed by atoms with Crippen molar-refractivity contribution in [2.75, 3.05) is 32.2 Å². The van der Waals surface area contributed by atoms with Gasteiger partial charge in [-0.2, -0.15) is 12.6 Å². The van der Waals surface area contributed by atoms with Crippen molar-refractivity contribution in [1.29, 1.82) is 0 Å². The molecule has 15 atom stereocenters. The third-order valence-corrected chi connectivity index (χ3v) is 6.61. The van der Waals surface area contributed by atoms with Gasteiger partial charge in [0.15, 0.2) is 18.9 Å². The maximum atomic E-state index is 10.9. The second-order valence-corrected chi connectivity index (χ2v) is 9.39. The van der Waals surface area contributed by atoms with Gasteiger partial charge >= 0.3 is 0 Å². The zero-order chi connectivity index (χ0) is 27.4. The molecule has 0 radical (unpaired) electrons. The molecule has 0 amide bonds. The van der Waals surface area contributed by atoms with Crippen LogP contribution in [0.2, 0.25) is 0 Å². The van der Waals surface area contributed by atoms with Crippen LogP contribution in [0.5, 0.6) is 0 Å². The molecule has 0 aromatic heterocycles. The molecule has 16 nitrogen and oxygen atoms in total. The SMILES string of the molecule is OC[C@H]1O[C@H](OC[C@H]2O[C@H](OCCS)[C@@H](O)[C@@H](O[C@H]3O[C@H](CO)[C@@H](O)[C@H](O)[C@@H]3O)[C@@H]2O)[C@@H](O)[C@@H](O)[C@@H]1O. The first kappa shape index (κ1) is 31.2. The van der Waals surface area contributed by atoms with Crippen molar-refractivity contribution in [1.82, 2.24) is 0 Å². The fourth-order valence-electron chi connectivity index (χ4n) is 4.24. The van der Waals surface area contributed by atoms with Gasteiger partial charge in [0, 0.05) is 5.75 Å². The van der Waals surface area contributed by atoms with E-state index in [1.807, 2.05) is 0 Å². The summed E-state index contributed by atoms with van der Waals surface area (Å²) in [5.41, 5.74) is 0. The maximum absolute atomic E-state index is 10.9. The summed E-state index contributed by atoms with van der Waals surface area (Å²) in [6, 6.07) is 0. The molecule has 10 N–H and O–H groups in total. The molecule has 0 unspecified atom stereocenters. The Labute approximate surface area is 216 Å². The number of thiol groups is 1. The van der Waals surface area contributed by atoms with Crippen molar-refractivity contribution >= 4 is 12.6 Å². The second kappa shape index (κ2) is 13.9. The van der Waals surface area contributed by atoms with Gasteiger partial charge in [0.1, 0.15) is 73.2 Å². The average molecular weight is 565 g/mol. The molecule has 3 aliphatic heterocycles. The van der Waals surface area contributed by atoms with Crippen LogP contribution in [-0.2, 0) is 28.4 Å². The van der Waals surface area contributed by atoms with Crippen molar-refractivity contribution in [3.05, 3.63) is 0 Å². The Morgan fingerprint density at radius 1 is 0.541 bits per heavy atom. The molecule has 3 fully saturated rings. The van der Waals surface area contributed by atoms with Crippen molar-refractivity contribution < 1.29 is 79.5 Å². The zero-order valence-corrected chi connectivity index (χ0v) is 20.5. The molecular formula is C20H36O16S. The molecular weight excluding hydrogens is 528 g/mol. The van der Waals surface area contributed by atoms with Crippen molar-refractivity contribution in [2.45, 2.75) is 92.1 Å². The van der Waals surface area contributed by atoms with Crippen molar-refractivity contribution in [2.24, 2.45) is 0 Å². The molecule has 0 aromatic carbocycles. The highest BCUT2D eigenvalue weighted by Crippen LogP contribution is 2.30. The first-order valence-electron chi connectivity index (χ1n) is 11.7. The highest BCUT2D eigenvalue weighted by Gasteiger charge is 2.52. The van der Waals surface area contributed by atoms with Gasteiger partial charge in [-0.1, -0.05) is 0 Å². The van der Waals surface area contributed by atoms with Crippen LogP contribution in [0.4, 0.5) is 0 Å². The van der Waals surface area contributed by atoms with Gasteiger partial charge in [-0.3, -0.25) is 0 Å². The third kappa shape index (κ3) is 6.90. The predicted octanol–water partition coefficient (Wildman–Crippen LogP) is -6.62. The minimum Gasteiger partial charge on any atom is -0.394 e. The average Bonchev–Trinajstić information content (AvgIpc) is 2.89. The Morgan fingerprint density at radius 2 is 1.03 bits per heavy atom. The van der Waals surface area contributed by atoms with Crippen LogP contribution in [0.3, 0.4) is 0 Å². The Balaban J connectivity index is 1.73. The summed E-state index contributed by atoms with van der Waals surface area (Å²) in [6.07, 6.45) is -23.7. The predicted molar refractivity (Wildman–Crippen MR) is 119 cm³/mol. The van der Waals surface area contributed by atoms with E-state index in [1.54, 1.807) is 0 Å². The molecule has 218 valence electrons. The molecule has 37 heavy (non-hydrogen) atoms. The Kier molecular flexibility index (Phi) is 11.7. The Bertz CT molecular complexity index is 689. The van der Waals surface area contributed by atoms with Crippen molar-refractivity contribution in [3.8, 4) is 0 Å². The Hall–Kier alpha value is -0.290. The summed E-state index contributed by atoms with van der Waals surface area (Å²) in [5, 5.41) is 101. The van der Waals surface area contributed by atoms with E-state index >= 15 is 0 Å². The van der Waals surface area contributed by atoms with Gasteiger partial charge in [0.2, 0.25) is 0 Å². The lowest BCUT2D eigenvalue weighted by Gasteiger charge is -2.46. The van der Waals surface area contributed by atoms with Crippen molar-refractivity contribution in [3.63, 3.8) is 0 Å². The molecule has 0 saturated carbocycles. The second-order valence-electron chi connectivity index (χ2n) is 8.95. The summed E-state index contributed by atoms with van der Waals surface area (Å²) in [6.45, 7) is -1.94. The first-order valence-corrected chi connectivity index (χ1v) is 12.3.